The van der Waals surface area contributed by atoms with E-state index < -0.39 is 16.2 Å². The number of hydrogen-bond acceptors (Lipinski definition) is 6. The first kappa shape index (κ1) is 29.3. The Bertz CT molecular complexity index is 1210. The largest absolute Gasteiger partial charge is 0.478 e. The molecule has 4 aromatic rings. The van der Waals surface area contributed by atoms with E-state index in [1.807, 2.05) is 86.9 Å². The maximum absolute atomic E-state index is 11.0. The Labute approximate surface area is 217 Å². The van der Waals surface area contributed by atoms with Gasteiger partial charge in [-0.05, 0) is 55.6 Å². The van der Waals surface area contributed by atoms with E-state index in [1.165, 1.54) is 0 Å². The van der Waals surface area contributed by atoms with E-state index in [-0.39, 0.29) is 5.56 Å². The molecule has 0 bridgehead atoms. The summed E-state index contributed by atoms with van der Waals surface area (Å²) in [6.07, 6.45) is 3.81. The van der Waals surface area contributed by atoms with Crippen molar-refractivity contribution in [3.63, 3.8) is 0 Å². The summed E-state index contributed by atoms with van der Waals surface area (Å²) in [5.74, 6) is 0.568. The molecule has 4 rings (SSSR count). The minimum absolute atomic E-state index is 0.268. The van der Waals surface area contributed by atoms with Gasteiger partial charge in [0.25, 0.3) is 0 Å². The zero-order chi connectivity index (χ0) is 27.3. The normalized spacial score (nSPS) is 10.6. The van der Waals surface area contributed by atoms with Crippen LogP contribution >= 0.6 is 0 Å². The van der Waals surface area contributed by atoms with Crippen LogP contribution < -0.4 is 24.0 Å². The molecule has 0 radical (unpaired) electrons. The van der Waals surface area contributed by atoms with Crippen LogP contribution in [0, 0.1) is 10.2 Å². The third-order valence-corrected chi connectivity index (χ3v) is 4.58. The number of hydrogen-bond donors (Lipinski definition) is 2. The monoisotopic (exact) mass is 523 g/mol. The Balaban J connectivity index is 0.000000530. The van der Waals surface area contributed by atoms with E-state index in [9.17, 15) is 4.79 Å². The molecule has 1 heterocycles. The first-order valence-corrected chi connectivity index (χ1v) is 12.1. The van der Waals surface area contributed by atoms with E-state index in [0.717, 1.165) is 28.0 Å². The van der Waals surface area contributed by atoms with Crippen LogP contribution in [0.2, 0.25) is 0 Å². The van der Waals surface area contributed by atoms with Gasteiger partial charge < -0.3 is 10.4 Å². The van der Waals surface area contributed by atoms with Gasteiger partial charge in [-0.25, -0.2) is 27.8 Å². The maximum Gasteiger partial charge on any atom is 0.361 e. The zero-order valence-electron chi connectivity index (χ0n) is 20.2. The molecule has 0 saturated heterocycles. The van der Waals surface area contributed by atoms with Crippen LogP contribution in [0.25, 0.3) is 34.6 Å². The van der Waals surface area contributed by atoms with Crippen molar-refractivity contribution in [2.45, 2.75) is 0 Å². The topological polar surface area (TPSA) is 153 Å². The molecule has 3 aromatic carbocycles. The van der Waals surface area contributed by atoms with Crippen LogP contribution in [0.4, 0.5) is 0 Å². The van der Waals surface area contributed by atoms with E-state index in [1.54, 1.807) is 24.3 Å². The summed E-state index contributed by atoms with van der Waals surface area (Å²) in [4.78, 5) is 11.0. The number of carboxylic acids is 1. The number of rotatable bonds is 5. The standard InChI is InChI=1S/C26H18O3.C2H7N.ClHO4/c27-26(28)22-14-11-19(12-15-22)13-16-24-17-23(20-7-3-1-4-8-20)18-25(29-24)21-9-5-2-6-10-21;1-3-2;2-1(3,4)5/h1-18H;3H,1-2H3;(H,2,3,4,5). The van der Waals surface area contributed by atoms with E-state index in [2.05, 4.69) is 17.4 Å². The highest BCUT2D eigenvalue weighted by Crippen LogP contribution is 2.29. The molecule has 1 aromatic heterocycles. The van der Waals surface area contributed by atoms with Crippen LogP contribution in [0.3, 0.4) is 0 Å². The van der Waals surface area contributed by atoms with Crippen molar-refractivity contribution in [3.8, 4) is 22.5 Å². The first-order chi connectivity index (χ1) is 17.6. The first-order valence-electron chi connectivity index (χ1n) is 10.9. The number of carbonyl (C=O) groups is 1. The number of nitrogens with one attached hydrogen (secondary N) is 1. The second kappa shape index (κ2) is 14.6. The summed E-state index contributed by atoms with van der Waals surface area (Å²) >= 11 is 0. The molecule has 0 spiro atoms. The molecule has 8 nitrogen and oxygen atoms in total. The lowest BCUT2D eigenvalue weighted by Gasteiger charge is -2.17. The lowest BCUT2D eigenvalue weighted by molar-refractivity contribution is -2.00. The molecule has 0 amide bonds. The van der Waals surface area contributed by atoms with E-state index >= 15 is 0 Å². The smallest absolute Gasteiger partial charge is 0.361 e. The van der Waals surface area contributed by atoms with Crippen LogP contribution in [-0.2, 0) is 0 Å². The molecular formula is C28H26ClNO7. The molecule has 9 heteroatoms. The van der Waals surface area contributed by atoms with E-state index in [0.29, 0.717) is 5.76 Å². The fourth-order valence-corrected chi connectivity index (χ4v) is 3.06. The molecule has 0 aliphatic rings. The van der Waals surface area contributed by atoms with Gasteiger partial charge in [-0.2, -0.15) is 0 Å². The van der Waals surface area contributed by atoms with Crippen LogP contribution in [0.1, 0.15) is 21.7 Å². The SMILES string of the molecule is CNC.O=C(O)c1ccc(C=Cc2cc(-c3ccccc3)cc(-c3ccccc3)[o+]2)cc1.[O-][Cl+3]([O-])([O-])[O-]. The average molecular weight is 524 g/mol. The minimum Gasteiger partial charge on any atom is -0.478 e. The van der Waals surface area contributed by atoms with Crippen molar-refractivity contribution < 1.29 is 43.2 Å². The van der Waals surface area contributed by atoms with Gasteiger partial charge in [0, 0.05) is 11.6 Å². The second-order valence-corrected chi connectivity index (χ2v) is 8.24. The van der Waals surface area contributed by atoms with Gasteiger partial charge in [0.15, 0.2) is 0 Å². The van der Waals surface area contributed by atoms with E-state index in [4.69, 9.17) is 28.2 Å². The van der Waals surface area contributed by atoms with Gasteiger partial charge in [-0.15, -0.1) is 10.2 Å². The third-order valence-electron chi connectivity index (χ3n) is 4.58. The van der Waals surface area contributed by atoms with Crippen molar-refractivity contribution in [1.82, 2.24) is 5.32 Å². The average Bonchev–Trinajstić information content (AvgIpc) is 2.88. The summed E-state index contributed by atoms with van der Waals surface area (Å²) in [7, 11) is -1.19. The lowest BCUT2D eigenvalue weighted by Crippen LogP contribution is -2.68. The third kappa shape index (κ3) is 11.1. The summed E-state index contributed by atoms with van der Waals surface area (Å²) in [6, 6.07) is 30.9. The highest BCUT2D eigenvalue weighted by Gasteiger charge is 2.17. The van der Waals surface area contributed by atoms with Crippen molar-refractivity contribution in [1.29, 1.82) is 0 Å². The van der Waals surface area contributed by atoms with Crippen molar-refractivity contribution in [2.75, 3.05) is 14.1 Å². The van der Waals surface area contributed by atoms with Crippen LogP contribution in [-0.4, -0.2) is 25.2 Å². The van der Waals surface area contributed by atoms with Crippen molar-refractivity contribution in [3.05, 3.63) is 114 Å². The Morgan fingerprint density at radius 1 is 0.757 bits per heavy atom. The second-order valence-electron chi connectivity index (χ2n) is 7.48. The Morgan fingerprint density at radius 2 is 1.24 bits per heavy atom. The van der Waals surface area contributed by atoms with Crippen molar-refractivity contribution >= 4 is 18.1 Å². The summed E-state index contributed by atoms with van der Waals surface area (Å²) in [6.45, 7) is 0. The fourth-order valence-electron chi connectivity index (χ4n) is 3.06. The Morgan fingerprint density at radius 3 is 1.73 bits per heavy atom. The zero-order valence-corrected chi connectivity index (χ0v) is 20.9. The van der Waals surface area contributed by atoms with Crippen LogP contribution in [0.5, 0.6) is 0 Å². The summed E-state index contributed by atoms with van der Waals surface area (Å²) in [5, 5.41) is 11.8. The highest BCUT2D eigenvalue weighted by molar-refractivity contribution is 5.88. The molecule has 0 unspecified atom stereocenters. The number of aromatic carboxylic acids is 1. The molecule has 0 fully saturated rings. The van der Waals surface area contributed by atoms with Crippen LogP contribution in [0.15, 0.2) is 101 Å². The van der Waals surface area contributed by atoms with Gasteiger partial charge in [-0.1, -0.05) is 60.7 Å². The van der Waals surface area contributed by atoms with Gasteiger partial charge in [0.05, 0.1) is 23.3 Å². The molecule has 0 atom stereocenters. The summed E-state index contributed by atoms with van der Waals surface area (Å²) in [5.41, 5.74) is 4.35. The minimum atomic E-state index is -4.94. The molecule has 0 aliphatic heterocycles. The molecule has 37 heavy (non-hydrogen) atoms. The molecule has 0 aliphatic carbocycles. The molecule has 192 valence electrons. The molecule has 2 N–H and O–H groups in total. The van der Waals surface area contributed by atoms with Gasteiger partial charge in [0.1, 0.15) is 0 Å². The Kier molecular flexibility index (Phi) is 11.6. The Hall–Kier alpha value is -3.89. The quantitative estimate of drug-likeness (QED) is 0.376. The summed E-state index contributed by atoms with van der Waals surface area (Å²) < 4.78 is 40.1. The number of halogens is 1. The van der Waals surface area contributed by atoms with Gasteiger partial charge in [0.2, 0.25) is 0 Å². The number of carboxylic acid groups (broad SMARTS) is 1. The lowest BCUT2D eigenvalue weighted by atomic mass is 10.0. The predicted octanol–water partition coefficient (Wildman–Crippen LogP) is 1.84. The number of benzene rings is 3. The molecule has 0 saturated carbocycles. The maximum atomic E-state index is 11.0. The molecular weight excluding hydrogens is 498 g/mol. The highest BCUT2D eigenvalue weighted by atomic mass is 35.7. The van der Waals surface area contributed by atoms with Gasteiger partial charge in [-0.3, -0.25) is 0 Å². The fraction of sp³-hybridized carbons (Fsp3) is 0.0714. The predicted molar refractivity (Wildman–Crippen MR) is 131 cm³/mol. The van der Waals surface area contributed by atoms with Gasteiger partial charge >= 0.3 is 17.5 Å². The van der Waals surface area contributed by atoms with Crippen molar-refractivity contribution in [2.24, 2.45) is 0 Å².